The van der Waals surface area contributed by atoms with Crippen LogP contribution in [0.15, 0.2) is 0 Å². The summed E-state index contributed by atoms with van der Waals surface area (Å²) in [6.45, 7) is 0.851. The molecule has 5 nitrogen and oxygen atoms in total. The molecular weight excluding hydrogens is 154 g/mol. The van der Waals surface area contributed by atoms with E-state index in [9.17, 15) is 0 Å². The molecule has 0 aliphatic rings. The maximum atomic E-state index is 8.68. The standard InChI is InChI=1S/C7H11N5/c8-3-1-2-6-5(4-9)7(10)12-11-6/h1-3,8H2,(H3,10,11,12)/p+1. The van der Waals surface area contributed by atoms with Crippen LogP contribution in [-0.2, 0) is 6.42 Å². The lowest BCUT2D eigenvalue weighted by molar-refractivity contribution is -0.368. The zero-order valence-corrected chi connectivity index (χ0v) is 6.80. The topological polar surface area (TPSA) is 106 Å². The first-order valence-electron chi connectivity index (χ1n) is 3.81. The lowest BCUT2D eigenvalue weighted by Gasteiger charge is -1.92. The van der Waals surface area contributed by atoms with E-state index >= 15 is 0 Å². The van der Waals surface area contributed by atoms with Gasteiger partial charge in [-0.25, -0.2) is 0 Å². The highest BCUT2D eigenvalue weighted by Gasteiger charge is 2.08. The van der Waals surface area contributed by atoms with E-state index in [1.807, 2.05) is 6.07 Å². The molecule has 5 heteroatoms. The van der Waals surface area contributed by atoms with Gasteiger partial charge in [-0.15, -0.1) is 0 Å². The molecule has 0 aliphatic carbocycles. The number of quaternary nitrogens is 1. The van der Waals surface area contributed by atoms with Gasteiger partial charge in [0.25, 0.3) is 0 Å². The van der Waals surface area contributed by atoms with E-state index in [-0.39, 0.29) is 5.82 Å². The Morgan fingerprint density at radius 3 is 3.00 bits per heavy atom. The van der Waals surface area contributed by atoms with Crippen LogP contribution in [0.4, 0.5) is 5.82 Å². The van der Waals surface area contributed by atoms with Gasteiger partial charge in [-0.2, -0.15) is 10.4 Å². The van der Waals surface area contributed by atoms with Gasteiger partial charge < -0.3 is 11.5 Å². The van der Waals surface area contributed by atoms with E-state index in [0.29, 0.717) is 5.56 Å². The number of aromatic amines is 1. The number of nitrogens with zero attached hydrogens (tertiary/aromatic N) is 2. The summed E-state index contributed by atoms with van der Waals surface area (Å²) in [5, 5.41) is 15.2. The van der Waals surface area contributed by atoms with Gasteiger partial charge in [0.1, 0.15) is 11.6 Å². The molecule has 1 rings (SSSR count). The van der Waals surface area contributed by atoms with E-state index in [1.54, 1.807) is 0 Å². The minimum absolute atomic E-state index is 0.288. The molecule has 0 saturated heterocycles. The Morgan fingerprint density at radius 1 is 1.67 bits per heavy atom. The largest absolute Gasteiger partial charge is 0.381 e. The first kappa shape index (κ1) is 8.56. The number of nitrogens with one attached hydrogen (secondary N) is 1. The molecule has 0 unspecified atom stereocenters. The van der Waals surface area contributed by atoms with Gasteiger partial charge in [0.05, 0.1) is 12.2 Å². The number of rotatable bonds is 3. The molecule has 0 bridgehead atoms. The monoisotopic (exact) mass is 166 g/mol. The summed E-state index contributed by atoms with van der Waals surface area (Å²) in [5.74, 6) is 0.288. The van der Waals surface area contributed by atoms with E-state index < -0.39 is 0 Å². The third-order valence-corrected chi connectivity index (χ3v) is 1.66. The lowest BCUT2D eigenvalue weighted by Crippen LogP contribution is -2.50. The van der Waals surface area contributed by atoms with Gasteiger partial charge >= 0.3 is 0 Å². The Morgan fingerprint density at radius 2 is 2.42 bits per heavy atom. The Labute approximate surface area is 70.4 Å². The molecule has 1 heterocycles. The van der Waals surface area contributed by atoms with Crippen LogP contribution in [0.3, 0.4) is 0 Å². The Balaban J connectivity index is 2.79. The van der Waals surface area contributed by atoms with Crippen LogP contribution < -0.4 is 11.5 Å². The second-order valence-electron chi connectivity index (χ2n) is 2.53. The Bertz CT molecular complexity index is 295. The van der Waals surface area contributed by atoms with E-state index in [1.165, 1.54) is 0 Å². The van der Waals surface area contributed by atoms with Crippen LogP contribution in [-0.4, -0.2) is 16.7 Å². The smallest absolute Gasteiger partial charge is 0.163 e. The second-order valence-corrected chi connectivity index (χ2v) is 2.53. The van der Waals surface area contributed by atoms with E-state index in [0.717, 1.165) is 25.1 Å². The highest BCUT2D eigenvalue weighted by molar-refractivity contribution is 5.50. The average molecular weight is 166 g/mol. The average Bonchev–Trinajstić information content (AvgIpc) is 2.43. The quantitative estimate of drug-likeness (QED) is 0.538. The normalized spacial score (nSPS) is 9.67. The zero-order chi connectivity index (χ0) is 8.97. The minimum Gasteiger partial charge on any atom is -0.381 e. The number of nitriles is 1. The molecule has 64 valence electrons. The summed E-state index contributed by atoms with van der Waals surface area (Å²) < 4.78 is 0. The summed E-state index contributed by atoms with van der Waals surface area (Å²) in [5.41, 5.74) is 10.5. The molecule has 0 spiro atoms. The van der Waals surface area contributed by atoms with Crippen LogP contribution in [0.2, 0.25) is 0 Å². The fraction of sp³-hybridized carbons (Fsp3) is 0.429. The van der Waals surface area contributed by atoms with Crippen molar-refractivity contribution in [3.63, 3.8) is 0 Å². The molecule has 0 aliphatic heterocycles. The highest BCUT2D eigenvalue weighted by Crippen LogP contribution is 2.12. The number of aromatic nitrogens is 2. The van der Waals surface area contributed by atoms with Gasteiger partial charge in [0.15, 0.2) is 5.82 Å². The van der Waals surface area contributed by atoms with Crippen molar-refractivity contribution in [2.45, 2.75) is 12.8 Å². The number of nitrogens with two attached hydrogens (primary N) is 1. The van der Waals surface area contributed by atoms with Crippen LogP contribution in [0.25, 0.3) is 0 Å². The molecule has 6 N–H and O–H groups in total. The zero-order valence-electron chi connectivity index (χ0n) is 6.80. The van der Waals surface area contributed by atoms with Crippen LogP contribution in [0, 0.1) is 11.3 Å². The summed E-state index contributed by atoms with van der Waals surface area (Å²) >= 11 is 0. The molecule has 0 fully saturated rings. The van der Waals surface area contributed by atoms with Crippen molar-refractivity contribution >= 4 is 5.82 Å². The van der Waals surface area contributed by atoms with Crippen LogP contribution >= 0.6 is 0 Å². The highest BCUT2D eigenvalue weighted by atomic mass is 15.2. The molecule has 12 heavy (non-hydrogen) atoms. The van der Waals surface area contributed by atoms with Crippen LogP contribution in [0.1, 0.15) is 17.7 Å². The SMILES string of the molecule is N#Cc1c(N)n[nH]c1CCC[NH3+]. The Kier molecular flexibility index (Phi) is 2.66. The third kappa shape index (κ3) is 1.54. The molecule has 0 saturated carbocycles. The summed E-state index contributed by atoms with van der Waals surface area (Å²) in [4.78, 5) is 0. The molecular formula is C7H12N5+. The second kappa shape index (κ2) is 3.74. The summed E-state index contributed by atoms with van der Waals surface area (Å²) in [6.07, 6.45) is 1.73. The third-order valence-electron chi connectivity index (χ3n) is 1.66. The van der Waals surface area contributed by atoms with Gasteiger partial charge in [-0.1, -0.05) is 0 Å². The summed E-state index contributed by atoms with van der Waals surface area (Å²) in [6, 6.07) is 2.01. The van der Waals surface area contributed by atoms with Crippen molar-refractivity contribution in [2.24, 2.45) is 0 Å². The number of anilines is 1. The number of hydrogen-bond acceptors (Lipinski definition) is 3. The number of hydrogen-bond donors (Lipinski definition) is 3. The number of nitrogen functional groups attached to an aromatic ring is 1. The Hall–Kier alpha value is -1.54. The molecule has 1 aromatic heterocycles. The summed E-state index contributed by atoms with van der Waals surface area (Å²) in [7, 11) is 0. The van der Waals surface area contributed by atoms with Crippen molar-refractivity contribution in [2.75, 3.05) is 12.3 Å². The van der Waals surface area contributed by atoms with Gasteiger partial charge in [-0.05, 0) is 6.42 Å². The van der Waals surface area contributed by atoms with Crippen molar-refractivity contribution < 1.29 is 5.73 Å². The van der Waals surface area contributed by atoms with Crippen molar-refractivity contribution in [1.29, 1.82) is 5.26 Å². The fourth-order valence-corrected chi connectivity index (χ4v) is 1.00. The predicted molar refractivity (Wildman–Crippen MR) is 43.8 cm³/mol. The predicted octanol–water partition coefficient (Wildman–Crippen LogP) is -0.962. The van der Waals surface area contributed by atoms with E-state index in [4.69, 9.17) is 11.0 Å². The molecule has 0 amide bonds. The van der Waals surface area contributed by atoms with Crippen molar-refractivity contribution in [3.05, 3.63) is 11.3 Å². The fourth-order valence-electron chi connectivity index (χ4n) is 1.00. The van der Waals surface area contributed by atoms with Crippen LogP contribution in [0.5, 0.6) is 0 Å². The maximum Gasteiger partial charge on any atom is 0.163 e. The molecule has 1 aromatic rings. The molecule has 0 atom stereocenters. The van der Waals surface area contributed by atoms with E-state index in [2.05, 4.69) is 15.9 Å². The van der Waals surface area contributed by atoms with Gasteiger partial charge in [-0.3, -0.25) is 5.10 Å². The van der Waals surface area contributed by atoms with Gasteiger partial charge in [0.2, 0.25) is 0 Å². The maximum absolute atomic E-state index is 8.68. The van der Waals surface area contributed by atoms with Crippen molar-refractivity contribution in [1.82, 2.24) is 10.2 Å². The first-order valence-corrected chi connectivity index (χ1v) is 3.81. The first-order chi connectivity index (χ1) is 5.79. The molecule has 0 radical (unpaired) electrons. The lowest BCUT2D eigenvalue weighted by atomic mass is 10.1. The number of H-pyrrole nitrogens is 1. The minimum atomic E-state index is 0.288. The van der Waals surface area contributed by atoms with Gasteiger partial charge in [0, 0.05) is 6.42 Å². The number of aryl methyl sites for hydroxylation is 1. The van der Waals surface area contributed by atoms with Crippen molar-refractivity contribution in [3.8, 4) is 6.07 Å². The molecule has 0 aromatic carbocycles.